The third-order valence-electron chi connectivity index (χ3n) is 12.9. The minimum atomic E-state index is 0. The van der Waals surface area contributed by atoms with Crippen LogP contribution in [0.15, 0.2) is 140 Å². The summed E-state index contributed by atoms with van der Waals surface area (Å²) in [6, 6.07) is 32.5. The predicted molar refractivity (Wildman–Crippen MR) is 280 cm³/mol. The summed E-state index contributed by atoms with van der Waals surface area (Å²) in [5.41, 5.74) is 15.8. The number of pyridine rings is 5. The topological polar surface area (TPSA) is 148 Å². The molecule has 0 amide bonds. The lowest BCUT2D eigenvalue weighted by molar-refractivity contribution is 0.864. The molecule has 0 spiro atoms. The van der Waals surface area contributed by atoms with Crippen molar-refractivity contribution in [1.29, 1.82) is 0 Å². The van der Waals surface area contributed by atoms with Crippen molar-refractivity contribution in [3.05, 3.63) is 170 Å². The largest absolute Gasteiger partial charge is 0.341 e. The van der Waals surface area contributed by atoms with Crippen LogP contribution in [-0.2, 0) is 28.2 Å². The molecule has 1 N–H and O–H groups in total. The van der Waals surface area contributed by atoms with Crippen LogP contribution in [0.2, 0.25) is 0 Å². The summed E-state index contributed by atoms with van der Waals surface area (Å²) in [5.74, 6) is 5.05. The highest BCUT2D eigenvalue weighted by Crippen LogP contribution is 2.23. The quantitative estimate of drug-likeness (QED) is 0.159. The maximum absolute atomic E-state index is 4.54. The lowest BCUT2D eigenvalue weighted by Gasteiger charge is -1.97. The first-order chi connectivity index (χ1) is 33.4. The second-order valence-electron chi connectivity index (χ2n) is 17.2. The van der Waals surface area contributed by atoms with E-state index < -0.39 is 0 Å². The van der Waals surface area contributed by atoms with Crippen molar-refractivity contribution in [3.8, 4) is 0 Å². The van der Waals surface area contributed by atoms with Gasteiger partial charge in [-0.1, -0.05) is 37.8 Å². The van der Waals surface area contributed by atoms with E-state index in [0.29, 0.717) is 0 Å². The van der Waals surface area contributed by atoms with E-state index in [1.165, 1.54) is 22.1 Å². The first-order valence-electron chi connectivity index (χ1n) is 22.7. The second-order valence-corrected chi connectivity index (χ2v) is 17.2. The van der Waals surface area contributed by atoms with Gasteiger partial charge in [0.2, 0.25) is 0 Å². The fourth-order valence-electron chi connectivity index (χ4n) is 8.85. The number of imidazole rings is 7. The van der Waals surface area contributed by atoms with E-state index in [-0.39, 0.29) is 7.43 Å². The van der Waals surface area contributed by atoms with Crippen LogP contribution >= 0.6 is 0 Å². The van der Waals surface area contributed by atoms with Gasteiger partial charge in [-0.2, -0.15) is 0 Å². The molecule has 0 aromatic carbocycles. The Morgan fingerprint density at radius 3 is 1.71 bits per heavy atom. The van der Waals surface area contributed by atoms with Crippen molar-refractivity contribution < 1.29 is 0 Å². The van der Waals surface area contributed by atoms with Crippen LogP contribution in [0.25, 0.3) is 83.7 Å². The molecule has 0 aliphatic rings. The minimum Gasteiger partial charge on any atom is -0.341 e. The molecule has 0 atom stereocenters. The van der Waals surface area contributed by atoms with Crippen LogP contribution < -0.4 is 0 Å². The Kier molecular flexibility index (Phi) is 11.3. The molecule has 0 saturated carbocycles. The highest BCUT2D eigenvalue weighted by molar-refractivity contribution is 5.93. The molecule has 70 heavy (non-hydrogen) atoms. The smallest absolute Gasteiger partial charge is 0.198 e. The first kappa shape index (κ1) is 44.8. The molecule has 0 aliphatic carbocycles. The number of hydrogen-bond acceptors (Lipinski definition) is 7. The number of fused-ring (bicyclic) bond motifs is 15. The summed E-state index contributed by atoms with van der Waals surface area (Å²) in [5, 5.41) is 0. The van der Waals surface area contributed by atoms with E-state index >= 15 is 0 Å². The van der Waals surface area contributed by atoms with E-state index in [1.54, 1.807) is 0 Å². The van der Waals surface area contributed by atoms with Gasteiger partial charge in [0.05, 0.1) is 27.6 Å². The van der Waals surface area contributed by atoms with Gasteiger partial charge in [-0.3, -0.25) is 13.2 Å². The SMILES string of the molecule is C.Cc1nc2c(cc3ccccn32)n1C.Cc1nc2c(cn3ccccc23)[nH]1.Cc1nc2c(cn3ccccc23)n1C.Cc1nc2c(nc3ccccn32)n1C.Cc1nc2nc3ccccn3c2n1C. The number of aromatic amines is 1. The lowest BCUT2D eigenvalue weighted by atomic mass is 10.4. The van der Waals surface area contributed by atoms with E-state index in [0.717, 1.165) is 90.7 Å². The highest BCUT2D eigenvalue weighted by atomic mass is 15.2. The van der Waals surface area contributed by atoms with Gasteiger partial charge in [0, 0.05) is 77.1 Å². The zero-order chi connectivity index (χ0) is 47.7. The van der Waals surface area contributed by atoms with Gasteiger partial charge in [0.25, 0.3) is 0 Å². The van der Waals surface area contributed by atoms with Crippen LogP contribution in [0.4, 0.5) is 0 Å². The van der Waals surface area contributed by atoms with E-state index in [9.17, 15) is 0 Å². The van der Waals surface area contributed by atoms with Gasteiger partial charge < -0.3 is 32.1 Å². The van der Waals surface area contributed by atoms with Crippen molar-refractivity contribution in [2.45, 2.75) is 42.0 Å². The Labute approximate surface area is 402 Å². The van der Waals surface area contributed by atoms with E-state index in [4.69, 9.17) is 0 Å². The maximum Gasteiger partial charge on any atom is 0.198 e. The fourth-order valence-corrected chi connectivity index (χ4v) is 8.85. The molecular formula is C53H55N17. The molecule has 352 valence electrons. The highest BCUT2D eigenvalue weighted by Gasteiger charge is 2.13. The van der Waals surface area contributed by atoms with Crippen LogP contribution in [-0.4, -0.2) is 80.1 Å². The average molecular weight is 930 g/mol. The molecule has 15 aromatic heterocycles. The molecule has 15 rings (SSSR count). The molecule has 15 aromatic rings. The van der Waals surface area contributed by atoms with E-state index in [2.05, 4.69) is 108 Å². The average Bonchev–Trinajstić information content (AvgIpc) is 4.27. The normalized spacial score (nSPS) is 11.4. The Balaban J connectivity index is 0.000000101. The number of rotatable bonds is 0. The van der Waals surface area contributed by atoms with Crippen molar-refractivity contribution in [1.82, 2.24) is 80.1 Å². The molecule has 0 bridgehead atoms. The zero-order valence-electron chi connectivity index (χ0n) is 39.9. The fraction of sp³-hybridized carbons (Fsp3) is 0.189. The third kappa shape index (κ3) is 7.57. The van der Waals surface area contributed by atoms with E-state index in [1.807, 2.05) is 176 Å². The zero-order valence-corrected chi connectivity index (χ0v) is 39.9. The monoisotopic (exact) mass is 929 g/mol. The minimum absolute atomic E-state index is 0. The molecule has 17 heteroatoms. The second kappa shape index (κ2) is 17.6. The summed E-state index contributed by atoms with van der Waals surface area (Å²) in [7, 11) is 8.08. The predicted octanol–water partition coefficient (Wildman–Crippen LogP) is 10.1. The number of nitrogens with one attached hydrogen (secondary N) is 1. The lowest BCUT2D eigenvalue weighted by Crippen LogP contribution is -1.95. The van der Waals surface area contributed by atoms with Crippen molar-refractivity contribution >= 4 is 83.7 Å². The molecule has 0 unspecified atom stereocenters. The van der Waals surface area contributed by atoms with Crippen molar-refractivity contribution in [2.24, 2.45) is 28.2 Å². The summed E-state index contributed by atoms with van der Waals surface area (Å²) in [4.78, 5) is 34.5. The number of hydrogen-bond donors (Lipinski definition) is 1. The molecule has 0 fully saturated rings. The van der Waals surface area contributed by atoms with Crippen LogP contribution in [0.5, 0.6) is 0 Å². The third-order valence-corrected chi connectivity index (χ3v) is 12.9. The summed E-state index contributed by atoms with van der Waals surface area (Å²) < 4.78 is 18.6. The molecule has 17 nitrogen and oxygen atoms in total. The number of aryl methyl sites for hydroxylation is 9. The number of H-pyrrole nitrogens is 1. The summed E-state index contributed by atoms with van der Waals surface area (Å²) in [6.07, 6.45) is 14.3. The molecule has 15 heterocycles. The van der Waals surface area contributed by atoms with Crippen LogP contribution in [0.3, 0.4) is 0 Å². The summed E-state index contributed by atoms with van der Waals surface area (Å²) in [6.45, 7) is 9.99. The standard InChI is InChI=1S/2C11H11N3.2C10H10N4.C10H9N3.CH4/c1-8-12-11-9-5-3-4-6-14(9)7-10(11)13(8)2;1-8-12-11-10(13(8)2)7-9-5-3-4-6-14(9)11;1-7-11-10-9(13(7)2)12-8-5-3-4-6-14(8)10;1-7-11-9-10(13(7)2)14-6-4-3-5-8(14)12-9;1-7-11-8-6-13-5-3-2-4-9(13)10(8)12-7;/h2*3-7H,1-2H3;2*3-6H,1-2H3;2-6H,1H3,(H,11,12);1H4. The number of aromatic nitrogens is 17. The Morgan fingerprint density at radius 2 is 0.971 bits per heavy atom. The van der Waals surface area contributed by atoms with Gasteiger partial charge in [-0.05, 0) is 101 Å². The Bertz CT molecular complexity index is 4060. The van der Waals surface area contributed by atoms with Gasteiger partial charge in [0.1, 0.15) is 51.4 Å². The van der Waals surface area contributed by atoms with Crippen molar-refractivity contribution in [3.63, 3.8) is 0 Å². The molecule has 0 radical (unpaired) electrons. The molecule has 0 saturated heterocycles. The Morgan fingerprint density at radius 1 is 0.414 bits per heavy atom. The molecular weight excluding hydrogens is 875 g/mol. The van der Waals surface area contributed by atoms with Gasteiger partial charge in [-0.25, -0.2) is 34.9 Å². The van der Waals surface area contributed by atoms with Crippen LogP contribution in [0.1, 0.15) is 36.5 Å². The maximum atomic E-state index is 4.54. The van der Waals surface area contributed by atoms with Gasteiger partial charge in [0.15, 0.2) is 28.2 Å². The Hall–Kier alpha value is -8.99. The van der Waals surface area contributed by atoms with Gasteiger partial charge in [-0.15, -0.1) is 0 Å². The first-order valence-corrected chi connectivity index (χ1v) is 22.7. The van der Waals surface area contributed by atoms with Crippen LogP contribution in [0, 0.1) is 34.6 Å². The number of nitrogens with zero attached hydrogens (tertiary/aromatic N) is 16. The van der Waals surface area contributed by atoms with Crippen molar-refractivity contribution in [2.75, 3.05) is 0 Å². The summed E-state index contributed by atoms with van der Waals surface area (Å²) >= 11 is 0. The molecule has 0 aliphatic heterocycles. The van der Waals surface area contributed by atoms with Gasteiger partial charge >= 0.3 is 0 Å².